The van der Waals surface area contributed by atoms with E-state index >= 15 is 0 Å². The monoisotopic (exact) mass is 385 g/mol. The van der Waals surface area contributed by atoms with Crippen LogP contribution in [-0.2, 0) is 0 Å². The van der Waals surface area contributed by atoms with E-state index in [-0.39, 0.29) is 23.7 Å². The highest BCUT2D eigenvalue weighted by molar-refractivity contribution is 5.89. The molecule has 0 bridgehead atoms. The lowest BCUT2D eigenvalue weighted by Gasteiger charge is -2.18. The lowest BCUT2D eigenvalue weighted by Crippen LogP contribution is -2.37. The molecule has 0 radical (unpaired) electrons. The van der Waals surface area contributed by atoms with E-state index in [1.165, 1.54) is 12.1 Å². The van der Waals surface area contributed by atoms with Crippen molar-refractivity contribution >= 4 is 17.4 Å². The summed E-state index contributed by atoms with van der Waals surface area (Å²) in [6.45, 7) is 8.14. The van der Waals surface area contributed by atoms with Crippen molar-refractivity contribution in [3.63, 3.8) is 0 Å². The van der Waals surface area contributed by atoms with Crippen molar-refractivity contribution in [1.82, 2.24) is 5.32 Å². The SMILES string of the molecule is CCC(CC)NC(=O)Nc1ccc(Oc2ccc([N+](=O)[O-])cc2)c(C(C)C)c1. The number of rotatable bonds is 8. The quantitative estimate of drug-likeness (QED) is 0.442. The summed E-state index contributed by atoms with van der Waals surface area (Å²) in [4.78, 5) is 22.5. The van der Waals surface area contributed by atoms with Gasteiger partial charge in [0, 0.05) is 23.9 Å². The topological polar surface area (TPSA) is 93.5 Å². The largest absolute Gasteiger partial charge is 0.457 e. The summed E-state index contributed by atoms with van der Waals surface area (Å²) in [7, 11) is 0. The Morgan fingerprint density at radius 3 is 2.29 bits per heavy atom. The van der Waals surface area contributed by atoms with Crippen LogP contribution in [0.4, 0.5) is 16.2 Å². The smallest absolute Gasteiger partial charge is 0.319 e. The molecule has 0 aromatic heterocycles. The Morgan fingerprint density at radius 2 is 1.75 bits per heavy atom. The Bertz CT molecular complexity index is 815. The molecule has 0 atom stereocenters. The summed E-state index contributed by atoms with van der Waals surface area (Å²) in [5.74, 6) is 1.33. The number of carbonyl (C=O) groups is 1. The average molecular weight is 385 g/mol. The number of nitro benzene ring substituents is 1. The standard InChI is InChI=1S/C21H27N3O4/c1-5-15(6-2)22-21(25)23-16-7-12-20(19(13-16)14(3)4)28-18-10-8-17(9-11-18)24(26)27/h7-15H,5-6H2,1-4H3,(H2,22,23,25). The molecule has 2 rings (SSSR count). The van der Waals surface area contributed by atoms with E-state index in [1.807, 2.05) is 33.8 Å². The number of benzene rings is 2. The van der Waals surface area contributed by atoms with Crippen molar-refractivity contribution < 1.29 is 14.5 Å². The third-order valence-electron chi connectivity index (χ3n) is 4.49. The van der Waals surface area contributed by atoms with Crippen molar-refractivity contribution in [3.8, 4) is 11.5 Å². The van der Waals surface area contributed by atoms with Gasteiger partial charge in [0.1, 0.15) is 11.5 Å². The minimum absolute atomic E-state index is 0.0134. The lowest BCUT2D eigenvalue weighted by atomic mass is 10.0. The normalized spacial score (nSPS) is 10.8. The zero-order valence-corrected chi connectivity index (χ0v) is 16.7. The highest BCUT2D eigenvalue weighted by Crippen LogP contribution is 2.33. The van der Waals surface area contributed by atoms with Gasteiger partial charge in [-0.25, -0.2) is 4.79 Å². The molecule has 0 fully saturated rings. The predicted molar refractivity (Wildman–Crippen MR) is 110 cm³/mol. The molecule has 150 valence electrons. The van der Waals surface area contributed by atoms with Gasteiger partial charge in [-0.3, -0.25) is 10.1 Å². The maximum Gasteiger partial charge on any atom is 0.319 e. The predicted octanol–water partition coefficient (Wildman–Crippen LogP) is 5.82. The van der Waals surface area contributed by atoms with Crippen molar-refractivity contribution in [2.45, 2.75) is 52.5 Å². The summed E-state index contributed by atoms with van der Waals surface area (Å²) < 4.78 is 5.91. The molecule has 0 saturated heterocycles. The highest BCUT2D eigenvalue weighted by atomic mass is 16.6. The Kier molecular flexibility index (Phi) is 7.37. The Morgan fingerprint density at radius 1 is 1.11 bits per heavy atom. The molecule has 7 heteroatoms. The van der Waals surface area contributed by atoms with Gasteiger partial charge in [-0.15, -0.1) is 0 Å². The first-order valence-corrected chi connectivity index (χ1v) is 9.47. The van der Waals surface area contributed by atoms with Gasteiger partial charge in [-0.05, 0) is 54.7 Å². The molecule has 0 heterocycles. The zero-order chi connectivity index (χ0) is 20.7. The summed E-state index contributed by atoms with van der Waals surface area (Å²) in [6.07, 6.45) is 1.76. The van der Waals surface area contributed by atoms with Crippen LogP contribution >= 0.6 is 0 Å². The third-order valence-corrected chi connectivity index (χ3v) is 4.49. The number of hydrogen-bond acceptors (Lipinski definition) is 4. The van der Waals surface area contributed by atoms with Gasteiger partial charge in [0.25, 0.3) is 5.69 Å². The van der Waals surface area contributed by atoms with Crippen LogP contribution in [0.1, 0.15) is 52.0 Å². The second-order valence-electron chi connectivity index (χ2n) is 6.87. The van der Waals surface area contributed by atoms with Crippen molar-refractivity contribution in [1.29, 1.82) is 0 Å². The fourth-order valence-electron chi connectivity index (χ4n) is 2.78. The number of nitrogens with zero attached hydrogens (tertiary/aromatic N) is 1. The maximum atomic E-state index is 12.2. The molecule has 2 N–H and O–H groups in total. The molecular weight excluding hydrogens is 358 g/mol. The lowest BCUT2D eigenvalue weighted by molar-refractivity contribution is -0.384. The summed E-state index contributed by atoms with van der Waals surface area (Å²) in [6, 6.07) is 11.3. The summed E-state index contributed by atoms with van der Waals surface area (Å²) in [5.41, 5.74) is 1.63. The first kappa shape index (κ1) is 21.2. The molecule has 7 nitrogen and oxygen atoms in total. The van der Waals surface area contributed by atoms with E-state index in [4.69, 9.17) is 4.74 Å². The van der Waals surface area contributed by atoms with Gasteiger partial charge in [0.15, 0.2) is 0 Å². The van der Waals surface area contributed by atoms with E-state index < -0.39 is 4.92 Å². The molecule has 2 aromatic carbocycles. The number of urea groups is 1. The summed E-state index contributed by atoms with van der Waals surface area (Å²) in [5, 5.41) is 16.6. The highest BCUT2D eigenvalue weighted by Gasteiger charge is 2.13. The molecule has 2 aromatic rings. The average Bonchev–Trinajstić information content (AvgIpc) is 2.67. The number of hydrogen-bond donors (Lipinski definition) is 2. The van der Waals surface area contributed by atoms with E-state index in [0.29, 0.717) is 17.2 Å². The van der Waals surface area contributed by atoms with Crippen LogP contribution in [0.5, 0.6) is 11.5 Å². The molecular formula is C21H27N3O4. The van der Waals surface area contributed by atoms with Crippen LogP contribution < -0.4 is 15.4 Å². The van der Waals surface area contributed by atoms with Gasteiger partial charge in [-0.2, -0.15) is 0 Å². The summed E-state index contributed by atoms with van der Waals surface area (Å²) >= 11 is 0. The molecule has 28 heavy (non-hydrogen) atoms. The van der Waals surface area contributed by atoms with Gasteiger partial charge in [0.05, 0.1) is 4.92 Å². The number of ether oxygens (including phenoxy) is 1. The van der Waals surface area contributed by atoms with Gasteiger partial charge in [-0.1, -0.05) is 27.7 Å². The fourth-order valence-corrected chi connectivity index (χ4v) is 2.78. The van der Waals surface area contributed by atoms with Crippen LogP contribution in [0.3, 0.4) is 0 Å². The first-order chi connectivity index (χ1) is 13.3. The van der Waals surface area contributed by atoms with Crippen LogP contribution in [0.2, 0.25) is 0 Å². The number of non-ortho nitro benzene ring substituents is 1. The van der Waals surface area contributed by atoms with Crippen molar-refractivity contribution in [3.05, 3.63) is 58.1 Å². The van der Waals surface area contributed by atoms with Crippen LogP contribution in [0.25, 0.3) is 0 Å². The first-order valence-electron chi connectivity index (χ1n) is 9.47. The van der Waals surface area contributed by atoms with Crippen molar-refractivity contribution in [2.24, 2.45) is 0 Å². The number of anilines is 1. The van der Waals surface area contributed by atoms with E-state index in [9.17, 15) is 14.9 Å². The number of nitro groups is 1. The molecule has 2 amide bonds. The van der Waals surface area contributed by atoms with Crippen LogP contribution in [-0.4, -0.2) is 17.0 Å². The van der Waals surface area contributed by atoms with Crippen LogP contribution in [0, 0.1) is 10.1 Å². The third kappa shape index (κ3) is 5.70. The second kappa shape index (κ2) is 9.73. The molecule has 0 saturated carbocycles. The van der Waals surface area contributed by atoms with E-state index in [2.05, 4.69) is 10.6 Å². The Balaban J connectivity index is 2.16. The van der Waals surface area contributed by atoms with E-state index in [1.54, 1.807) is 24.3 Å². The molecule has 0 aliphatic heterocycles. The molecule has 0 spiro atoms. The fraction of sp³-hybridized carbons (Fsp3) is 0.381. The zero-order valence-electron chi connectivity index (χ0n) is 16.7. The Labute approximate surface area is 165 Å². The van der Waals surface area contributed by atoms with Crippen molar-refractivity contribution in [2.75, 3.05) is 5.32 Å². The molecule has 0 aliphatic rings. The minimum atomic E-state index is -0.448. The number of carbonyl (C=O) groups excluding carboxylic acids is 1. The van der Waals surface area contributed by atoms with Gasteiger partial charge < -0.3 is 15.4 Å². The minimum Gasteiger partial charge on any atom is -0.457 e. The maximum absolute atomic E-state index is 12.2. The Hall–Kier alpha value is -3.09. The number of nitrogens with one attached hydrogen (secondary N) is 2. The second-order valence-corrected chi connectivity index (χ2v) is 6.87. The number of amides is 2. The van der Waals surface area contributed by atoms with Gasteiger partial charge >= 0.3 is 6.03 Å². The van der Waals surface area contributed by atoms with Gasteiger partial charge in [0.2, 0.25) is 0 Å². The molecule has 0 aliphatic carbocycles. The van der Waals surface area contributed by atoms with E-state index in [0.717, 1.165) is 18.4 Å². The molecule has 0 unspecified atom stereocenters. The van der Waals surface area contributed by atoms with Crippen LogP contribution in [0.15, 0.2) is 42.5 Å².